The molecule has 1 N–H and O–H groups in total. The number of carbonyl (C=O) groups is 1. The maximum atomic E-state index is 12.9. The van der Waals surface area contributed by atoms with Gasteiger partial charge in [0.25, 0.3) is 5.91 Å². The topological polar surface area (TPSA) is 84.3 Å². The third-order valence-electron chi connectivity index (χ3n) is 5.00. The molecule has 2 heterocycles. The fourth-order valence-corrected chi connectivity index (χ4v) is 4.14. The summed E-state index contributed by atoms with van der Waals surface area (Å²) in [6, 6.07) is 7.30. The van der Waals surface area contributed by atoms with E-state index in [9.17, 15) is 13.2 Å². The first-order valence-electron chi connectivity index (χ1n) is 9.22. The molecule has 0 aliphatic carbocycles. The van der Waals surface area contributed by atoms with Crippen molar-refractivity contribution in [2.45, 2.75) is 26.7 Å². The first-order valence-corrected chi connectivity index (χ1v) is 11.5. The van der Waals surface area contributed by atoms with Crippen LogP contribution in [-0.2, 0) is 10.0 Å². The molecule has 1 aromatic heterocycles. The van der Waals surface area contributed by atoms with E-state index < -0.39 is 10.0 Å². The number of nitrogens with zero attached hydrogens (tertiary/aromatic N) is 3. The highest BCUT2D eigenvalue weighted by atomic mass is 35.5. The van der Waals surface area contributed by atoms with E-state index in [1.807, 2.05) is 26.0 Å². The Morgan fingerprint density at radius 3 is 2.54 bits per heavy atom. The summed E-state index contributed by atoms with van der Waals surface area (Å²) >= 11 is 6.21. The molecule has 152 valence electrons. The smallest absolute Gasteiger partial charge is 0.253 e. The van der Waals surface area contributed by atoms with Crippen molar-refractivity contribution in [1.29, 1.82) is 0 Å². The average Bonchev–Trinajstić information content (AvgIpc) is 2.93. The van der Waals surface area contributed by atoms with Crippen molar-refractivity contribution in [3.63, 3.8) is 0 Å². The lowest BCUT2D eigenvalue weighted by molar-refractivity contribution is 0.0676. The second-order valence-corrected chi connectivity index (χ2v) is 9.53. The van der Waals surface area contributed by atoms with Crippen molar-refractivity contribution < 1.29 is 13.2 Å². The lowest BCUT2D eigenvalue weighted by Crippen LogP contribution is -2.43. The number of rotatable bonds is 5. The van der Waals surface area contributed by atoms with Crippen molar-refractivity contribution >= 4 is 27.5 Å². The Morgan fingerprint density at radius 2 is 1.96 bits per heavy atom. The van der Waals surface area contributed by atoms with Crippen LogP contribution in [0.2, 0.25) is 5.02 Å². The molecule has 9 heteroatoms. The maximum Gasteiger partial charge on any atom is 0.253 e. The number of likely N-dealkylation sites (tertiary alicyclic amines) is 1. The Labute approximate surface area is 170 Å². The number of aromatic nitrogens is 2. The second-order valence-electron chi connectivity index (χ2n) is 7.32. The molecule has 3 rings (SSSR count). The van der Waals surface area contributed by atoms with Crippen molar-refractivity contribution in [3.8, 4) is 5.69 Å². The van der Waals surface area contributed by atoms with Crippen LogP contribution in [0.5, 0.6) is 0 Å². The minimum Gasteiger partial charge on any atom is -0.338 e. The van der Waals surface area contributed by atoms with E-state index in [-0.39, 0.29) is 11.8 Å². The molecule has 0 unspecified atom stereocenters. The van der Waals surface area contributed by atoms with Crippen LogP contribution in [-0.4, -0.2) is 54.9 Å². The molecule has 0 radical (unpaired) electrons. The van der Waals surface area contributed by atoms with Gasteiger partial charge in [0.15, 0.2) is 0 Å². The summed E-state index contributed by atoms with van der Waals surface area (Å²) in [7, 11) is -3.22. The lowest BCUT2D eigenvalue weighted by atomic mass is 9.97. The zero-order chi connectivity index (χ0) is 20.5. The summed E-state index contributed by atoms with van der Waals surface area (Å²) in [5, 5.41) is 5.07. The molecule has 0 spiro atoms. The summed E-state index contributed by atoms with van der Waals surface area (Å²) in [6.45, 7) is 5.36. The van der Waals surface area contributed by atoms with Crippen LogP contribution in [0.15, 0.2) is 24.3 Å². The Hall–Kier alpha value is -1.90. The highest BCUT2D eigenvalue weighted by Gasteiger charge is 2.25. The molecule has 1 saturated heterocycles. The van der Waals surface area contributed by atoms with Crippen LogP contribution in [0.25, 0.3) is 5.69 Å². The van der Waals surface area contributed by atoms with Crippen LogP contribution in [0.1, 0.15) is 34.6 Å². The molecule has 1 atom stereocenters. The first-order chi connectivity index (χ1) is 13.2. The Morgan fingerprint density at radius 1 is 1.29 bits per heavy atom. The SMILES string of the molecule is Cc1nn(-c2ccc(C(=O)N3CCC[C@H](CNS(C)(=O)=O)C3)cc2)c(C)c1Cl. The van der Waals surface area contributed by atoms with Gasteiger partial charge in [-0.15, -0.1) is 0 Å². The number of sulfonamides is 1. The number of piperidine rings is 1. The Kier molecular flexibility index (Phi) is 6.12. The minimum absolute atomic E-state index is 0.0398. The molecule has 1 fully saturated rings. The number of hydrogen-bond donors (Lipinski definition) is 1. The number of benzene rings is 1. The average molecular weight is 425 g/mol. The predicted molar refractivity (Wildman–Crippen MR) is 110 cm³/mol. The van der Waals surface area contributed by atoms with E-state index in [1.165, 1.54) is 0 Å². The first kappa shape index (κ1) is 20.8. The zero-order valence-corrected chi connectivity index (χ0v) is 17.8. The number of amides is 1. The summed E-state index contributed by atoms with van der Waals surface area (Å²) in [6.07, 6.45) is 2.92. The highest BCUT2D eigenvalue weighted by molar-refractivity contribution is 7.88. The fourth-order valence-electron chi connectivity index (χ4n) is 3.49. The van der Waals surface area contributed by atoms with Gasteiger partial charge in [-0.2, -0.15) is 5.10 Å². The van der Waals surface area contributed by atoms with Crippen LogP contribution in [0.4, 0.5) is 0 Å². The minimum atomic E-state index is -3.22. The quantitative estimate of drug-likeness (QED) is 0.799. The number of hydrogen-bond acceptors (Lipinski definition) is 4. The van der Waals surface area contributed by atoms with Crippen LogP contribution in [0.3, 0.4) is 0 Å². The summed E-state index contributed by atoms with van der Waals surface area (Å²) < 4.78 is 26.9. The molecular formula is C19H25ClN4O3S. The maximum absolute atomic E-state index is 12.9. The fraction of sp³-hybridized carbons (Fsp3) is 0.474. The highest BCUT2D eigenvalue weighted by Crippen LogP contribution is 2.23. The largest absolute Gasteiger partial charge is 0.338 e. The van der Waals surface area contributed by atoms with Gasteiger partial charge in [0.1, 0.15) is 0 Å². The summed E-state index contributed by atoms with van der Waals surface area (Å²) in [5.74, 6) is 0.0885. The monoisotopic (exact) mass is 424 g/mol. The van der Waals surface area contributed by atoms with Crippen LogP contribution in [0, 0.1) is 19.8 Å². The van der Waals surface area contributed by atoms with E-state index in [0.29, 0.717) is 30.2 Å². The van der Waals surface area contributed by atoms with Gasteiger partial charge in [-0.3, -0.25) is 4.79 Å². The Balaban J connectivity index is 1.69. The van der Waals surface area contributed by atoms with Gasteiger partial charge in [-0.25, -0.2) is 17.8 Å². The second kappa shape index (κ2) is 8.23. The zero-order valence-electron chi connectivity index (χ0n) is 16.3. The molecular weight excluding hydrogens is 400 g/mol. The molecule has 0 bridgehead atoms. The van der Waals surface area contributed by atoms with Crippen molar-refractivity contribution in [2.24, 2.45) is 5.92 Å². The lowest BCUT2D eigenvalue weighted by Gasteiger charge is -2.32. The van der Waals surface area contributed by atoms with E-state index in [0.717, 1.165) is 36.2 Å². The van der Waals surface area contributed by atoms with Crippen molar-refractivity contribution in [2.75, 3.05) is 25.9 Å². The van der Waals surface area contributed by atoms with Gasteiger partial charge in [0.2, 0.25) is 10.0 Å². The van der Waals surface area contributed by atoms with Gasteiger partial charge in [-0.05, 0) is 56.9 Å². The van der Waals surface area contributed by atoms with E-state index >= 15 is 0 Å². The van der Waals surface area contributed by atoms with Gasteiger partial charge in [0.05, 0.1) is 28.4 Å². The van der Waals surface area contributed by atoms with E-state index in [1.54, 1.807) is 21.7 Å². The molecule has 0 saturated carbocycles. The molecule has 1 aliphatic heterocycles. The molecule has 1 aromatic carbocycles. The molecule has 1 amide bonds. The molecule has 1 aliphatic rings. The third-order valence-corrected chi connectivity index (χ3v) is 6.24. The van der Waals surface area contributed by atoms with Crippen LogP contribution < -0.4 is 4.72 Å². The predicted octanol–water partition coefficient (Wildman–Crippen LogP) is 2.54. The van der Waals surface area contributed by atoms with Gasteiger partial charge in [0, 0.05) is 25.2 Å². The van der Waals surface area contributed by atoms with Gasteiger partial charge >= 0.3 is 0 Å². The molecule has 28 heavy (non-hydrogen) atoms. The van der Waals surface area contributed by atoms with Gasteiger partial charge in [-0.1, -0.05) is 11.6 Å². The van der Waals surface area contributed by atoms with Gasteiger partial charge < -0.3 is 4.90 Å². The van der Waals surface area contributed by atoms with Crippen molar-refractivity contribution in [1.82, 2.24) is 19.4 Å². The third kappa shape index (κ3) is 4.74. The summed E-state index contributed by atoms with van der Waals surface area (Å²) in [4.78, 5) is 14.7. The van der Waals surface area contributed by atoms with E-state index in [4.69, 9.17) is 11.6 Å². The number of nitrogens with one attached hydrogen (secondary N) is 1. The number of aryl methyl sites for hydroxylation is 1. The molecule has 7 nitrogen and oxygen atoms in total. The van der Waals surface area contributed by atoms with Crippen molar-refractivity contribution in [3.05, 3.63) is 46.2 Å². The van der Waals surface area contributed by atoms with Crippen LogP contribution >= 0.6 is 11.6 Å². The molecule has 2 aromatic rings. The number of carbonyl (C=O) groups excluding carboxylic acids is 1. The standard InChI is InChI=1S/C19H25ClN4O3S/c1-13-18(20)14(2)24(22-13)17-8-6-16(7-9-17)19(25)23-10-4-5-15(12-23)11-21-28(3,26)27/h6-9,15,21H,4-5,10-12H2,1-3H3/t15-/m1/s1. The summed E-state index contributed by atoms with van der Waals surface area (Å²) in [5.41, 5.74) is 3.07. The Bertz CT molecular complexity index is 970. The normalized spacial score (nSPS) is 17.7. The number of halogens is 1. The van der Waals surface area contributed by atoms with E-state index in [2.05, 4.69) is 9.82 Å².